The summed E-state index contributed by atoms with van der Waals surface area (Å²) in [7, 11) is 0. The number of piperidine rings is 3. The van der Waals surface area contributed by atoms with Crippen LogP contribution in [0.25, 0.3) is 0 Å². The Kier molecular flexibility index (Phi) is 7.63. The van der Waals surface area contributed by atoms with E-state index in [1.54, 1.807) is 0 Å². The third-order valence-electron chi connectivity index (χ3n) is 8.41. The van der Waals surface area contributed by atoms with E-state index in [1.807, 2.05) is 12.1 Å². The maximum Gasteiger partial charge on any atom is 0.121 e. The van der Waals surface area contributed by atoms with Crippen molar-refractivity contribution in [2.45, 2.75) is 38.4 Å². The first-order chi connectivity index (χ1) is 16.1. The molecule has 0 unspecified atom stereocenters. The summed E-state index contributed by atoms with van der Waals surface area (Å²) < 4.78 is 7.22. The van der Waals surface area contributed by atoms with E-state index in [0.717, 1.165) is 67.7 Å². The normalized spacial score (nSPS) is 23.9. The Morgan fingerprint density at radius 1 is 0.824 bits per heavy atom. The van der Waals surface area contributed by atoms with Gasteiger partial charge in [0.25, 0.3) is 0 Å². The van der Waals surface area contributed by atoms with Crippen molar-refractivity contribution in [2.24, 2.45) is 5.41 Å². The molecule has 0 saturated carbocycles. The van der Waals surface area contributed by atoms with E-state index < -0.39 is 5.60 Å². The summed E-state index contributed by atoms with van der Waals surface area (Å²) in [6.45, 7) is 8.04. The third kappa shape index (κ3) is 4.61. The number of quaternary nitrogens is 1. The number of nitrogens with zero attached hydrogens (tertiary/aromatic N) is 1. The molecule has 0 radical (unpaired) electrons. The lowest BCUT2D eigenvalue weighted by Gasteiger charge is -2.60. The van der Waals surface area contributed by atoms with Crippen molar-refractivity contribution in [3.63, 3.8) is 0 Å². The lowest BCUT2D eigenvalue weighted by molar-refractivity contribution is -0.946. The van der Waals surface area contributed by atoms with Gasteiger partial charge < -0.3 is 31.3 Å². The molecule has 180 valence electrons. The molecule has 3 aliphatic heterocycles. The third-order valence-corrected chi connectivity index (χ3v) is 8.41. The lowest BCUT2D eigenvalue weighted by Crippen LogP contribution is -3.00. The zero-order valence-electron chi connectivity index (χ0n) is 20.1. The molecule has 3 saturated heterocycles. The first-order valence-electron chi connectivity index (χ1n) is 12.4. The van der Waals surface area contributed by atoms with Crippen LogP contribution in [0.5, 0.6) is 0 Å². The van der Waals surface area contributed by atoms with Crippen LogP contribution in [-0.4, -0.2) is 42.4 Å². The fourth-order valence-electron chi connectivity index (χ4n) is 6.33. The SMILES string of the molecule is Cc1cccc(COCC[N+]23CCC(C(O)(c4ccccc4)c4ccccc4)(CC2)CC3)c1.[Br-]. The molecule has 0 aromatic heterocycles. The zero-order valence-corrected chi connectivity index (χ0v) is 21.7. The summed E-state index contributed by atoms with van der Waals surface area (Å²) in [6.07, 6.45) is 3.14. The zero-order chi connectivity index (χ0) is 22.8. The predicted octanol–water partition coefficient (Wildman–Crippen LogP) is 2.45. The van der Waals surface area contributed by atoms with Crippen LogP contribution in [0.3, 0.4) is 0 Å². The van der Waals surface area contributed by atoms with E-state index in [9.17, 15) is 5.11 Å². The molecule has 34 heavy (non-hydrogen) atoms. The van der Waals surface area contributed by atoms with Crippen molar-refractivity contribution < 1.29 is 31.3 Å². The van der Waals surface area contributed by atoms with Crippen molar-refractivity contribution in [2.75, 3.05) is 32.8 Å². The summed E-state index contributed by atoms with van der Waals surface area (Å²) in [5.41, 5.74) is 3.53. The molecular formula is C30H36BrNO2. The van der Waals surface area contributed by atoms with Gasteiger partial charge in [-0.25, -0.2) is 0 Å². The second-order valence-corrected chi connectivity index (χ2v) is 10.3. The van der Waals surface area contributed by atoms with E-state index in [0.29, 0.717) is 6.61 Å². The van der Waals surface area contributed by atoms with Crippen LogP contribution in [0.2, 0.25) is 0 Å². The molecule has 6 rings (SSSR count). The van der Waals surface area contributed by atoms with E-state index in [4.69, 9.17) is 4.74 Å². The highest BCUT2D eigenvalue weighted by atomic mass is 79.9. The predicted molar refractivity (Wildman–Crippen MR) is 133 cm³/mol. The van der Waals surface area contributed by atoms with Gasteiger partial charge in [-0.3, -0.25) is 0 Å². The van der Waals surface area contributed by atoms with Crippen LogP contribution in [-0.2, 0) is 16.9 Å². The number of hydrogen-bond donors (Lipinski definition) is 1. The van der Waals surface area contributed by atoms with E-state index in [-0.39, 0.29) is 22.4 Å². The van der Waals surface area contributed by atoms with Crippen LogP contribution >= 0.6 is 0 Å². The monoisotopic (exact) mass is 521 g/mol. The maximum atomic E-state index is 12.5. The van der Waals surface area contributed by atoms with Gasteiger partial charge in [0.05, 0.1) is 32.8 Å². The lowest BCUT2D eigenvalue weighted by atomic mass is 9.56. The smallest absolute Gasteiger partial charge is 0.121 e. The number of hydrogen-bond acceptors (Lipinski definition) is 2. The van der Waals surface area contributed by atoms with Gasteiger partial charge in [0.2, 0.25) is 0 Å². The van der Waals surface area contributed by atoms with Crippen LogP contribution in [0.1, 0.15) is 41.5 Å². The van der Waals surface area contributed by atoms with Crippen LogP contribution in [0.4, 0.5) is 0 Å². The molecule has 0 atom stereocenters. The number of halogens is 1. The van der Waals surface area contributed by atoms with Gasteiger partial charge in [-0.1, -0.05) is 90.5 Å². The van der Waals surface area contributed by atoms with Crippen LogP contribution < -0.4 is 17.0 Å². The molecule has 2 bridgehead atoms. The Balaban J connectivity index is 0.00000274. The Morgan fingerprint density at radius 3 is 1.91 bits per heavy atom. The molecule has 1 N–H and O–H groups in total. The van der Waals surface area contributed by atoms with E-state index in [2.05, 4.69) is 79.7 Å². The number of fused-ring (bicyclic) bond motifs is 3. The second-order valence-electron chi connectivity index (χ2n) is 10.3. The number of benzene rings is 3. The van der Waals surface area contributed by atoms with Crippen molar-refractivity contribution in [1.29, 1.82) is 0 Å². The molecule has 3 fully saturated rings. The van der Waals surface area contributed by atoms with Gasteiger partial charge in [0, 0.05) is 24.7 Å². The Hall–Kier alpha value is -1.98. The summed E-state index contributed by atoms with van der Waals surface area (Å²) in [6, 6.07) is 29.3. The fraction of sp³-hybridized carbons (Fsp3) is 0.400. The first kappa shape index (κ1) is 25.1. The number of aliphatic hydroxyl groups is 1. The van der Waals surface area contributed by atoms with Crippen molar-refractivity contribution in [1.82, 2.24) is 0 Å². The molecular weight excluding hydrogens is 486 g/mol. The summed E-state index contributed by atoms with van der Waals surface area (Å²) in [4.78, 5) is 0. The summed E-state index contributed by atoms with van der Waals surface area (Å²) in [5.74, 6) is 0. The molecule has 0 amide bonds. The Morgan fingerprint density at radius 2 is 1.38 bits per heavy atom. The molecule has 4 heteroatoms. The highest BCUT2D eigenvalue weighted by Crippen LogP contribution is 2.57. The largest absolute Gasteiger partial charge is 1.00 e. The van der Waals surface area contributed by atoms with Gasteiger partial charge >= 0.3 is 0 Å². The standard InChI is InChI=1S/C30H36NO2.BrH/c1-25-9-8-10-26(23-25)24-33-22-21-31-18-15-29(16-19-31,17-20-31)30(32,27-11-4-2-5-12-27)28-13-6-3-7-14-28;/h2-14,23,32H,15-22,24H2,1H3;1H/q+1;/p-1. The van der Waals surface area contributed by atoms with Crippen molar-refractivity contribution in [3.8, 4) is 0 Å². The molecule has 3 heterocycles. The topological polar surface area (TPSA) is 29.5 Å². The maximum absolute atomic E-state index is 12.5. The van der Waals surface area contributed by atoms with Crippen molar-refractivity contribution in [3.05, 3.63) is 107 Å². The number of aryl methyl sites for hydroxylation is 1. The quantitative estimate of drug-likeness (QED) is 0.364. The van der Waals surface area contributed by atoms with Gasteiger partial charge in [-0.05, 0) is 23.6 Å². The number of ether oxygens (including phenoxy) is 1. The van der Waals surface area contributed by atoms with Gasteiger partial charge in [-0.2, -0.15) is 0 Å². The minimum atomic E-state index is -0.951. The summed E-state index contributed by atoms with van der Waals surface area (Å²) >= 11 is 0. The molecule has 0 spiro atoms. The van der Waals surface area contributed by atoms with E-state index in [1.165, 1.54) is 11.1 Å². The highest BCUT2D eigenvalue weighted by Gasteiger charge is 2.60. The van der Waals surface area contributed by atoms with Gasteiger partial charge in [-0.15, -0.1) is 0 Å². The minimum Gasteiger partial charge on any atom is -1.00 e. The molecule has 3 aliphatic rings. The second kappa shape index (κ2) is 10.3. The molecule has 3 aromatic carbocycles. The van der Waals surface area contributed by atoms with Gasteiger partial charge in [0.15, 0.2) is 0 Å². The Labute approximate surface area is 214 Å². The van der Waals surface area contributed by atoms with E-state index >= 15 is 0 Å². The Bertz CT molecular complexity index is 1010. The first-order valence-corrected chi connectivity index (χ1v) is 12.4. The molecule has 3 nitrogen and oxygen atoms in total. The molecule has 0 aliphatic carbocycles. The van der Waals surface area contributed by atoms with Crippen LogP contribution in [0, 0.1) is 12.3 Å². The van der Waals surface area contributed by atoms with Crippen LogP contribution in [0.15, 0.2) is 84.9 Å². The minimum absolute atomic E-state index is 0. The fourth-order valence-corrected chi connectivity index (χ4v) is 6.33. The average molecular weight is 523 g/mol. The molecule has 3 aromatic rings. The summed E-state index contributed by atoms with van der Waals surface area (Å²) in [5, 5.41) is 12.5. The average Bonchev–Trinajstić information content (AvgIpc) is 2.88. The number of rotatable bonds is 8. The van der Waals surface area contributed by atoms with Crippen molar-refractivity contribution >= 4 is 0 Å². The van der Waals surface area contributed by atoms with Gasteiger partial charge in [0.1, 0.15) is 12.1 Å². The highest BCUT2D eigenvalue weighted by molar-refractivity contribution is 5.39.